The summed E-state index contributed by atoms with van der Waals surface area (Å²) in [6.07, 6.45) is 4.83. The fourth-order valence-electron chi connectivity index (χ4n) is 2.26. The van der Waals surface area contributed by atoms with Gasteiger partial charge in [-0.25, -0.2) is 9.78 Å². The van der Waals surface area contributed by atoms with Gasteiger partial charge in [0.15, 0.2) is 0 Å². The van der Waals surface area contributed by atoms with E-state index in [0.717, 1.165) is 5.56 Å². The number of benzene rings is 1. The summed E-state index contributed by atoms with van der Waals surface area (Å²) in [5.41, 5.74) is 0.842. The number of amides is 2. The Hall–Kier alpha value is -3.03. The van der Waals surface area contributed by atoms with Crippen LogP contribution in [0.4, 0.5) is 10.6 Å². The van der Waals surface area contributed by atoms with Crippen molar-refractivity contribution in [1.29, 1.82) is 0 Å². The summed E-state index contributed by atoms with van der Waals surface area (Å²) in [5.74, 6) is 2.06. The molecule has 8 heteroatoms. The van der Waals surface area contributed by atoms with E-state index < -0.39 is 0 Å². The highest BCUT2D eigenvalue weighted by Crippen LogP contribution is 2.29. The van der Waals surface area contributed by atoms with Crippen LogP contribution in [0.15, 0.2) is 36.8 Å². The number of nitrogens with zero attached hydrogens (tertiary/aromatic N) is 2. The van der Waals surface area contributed by atoms with Gasteiger partial charge in [-0.15, -0.1) is 0 Å². The van der Waals surface area contributed by atoms with E-state index in [0.29, 0.717) is 30.4 Å². The molecular weight excluding hydrogens is 322 g/mol. The van der Waals surface area contributed by atoms with Crippen molar-refractivity contribution in [3.05, 3.63) is 42.4 Å². The molecule has 2 amide bonds. The monoisotopic (exact) mass is 345 g/mol. The lowest BCUT2D eigenvalue weighted by atomic mass is 10.1. The molecular formula is C17H23N5O3. The minimum Gasteiger partial charge on any atom is -0.497 e. The average molecular weight is 345 g/mol. The number of carbonyl (C=O) groups is 1. The summed E-state index contributed by atoms with van der Waals surface area (Å²) in [6.45, 7) is 2.88. The average Bonchev–Trinajstić information content (AvgIpc) is 2.65. The maximum Gasteiger partial charge on any atom is 0.315 e. The van der Waals surface area contributed by atoms with Gasteiger partial charge in [0.05, 0.1) is 26.5 Å². The molecule has 0 bridgehead atoms. The summed E-state index contributed by atoms with van der Waals surface area (Å²) in [4.78, 5) is 20.1. The van der Waals surface area contributed by atoms with Crippen molar-refractivity contribution in [2.24, 2.45) is 0 Å². The Balaban J connectivity index is 1.81. The van der Waals surface area contributed by atoms with Gasteiger partial charge in [-0.3, -0.25) is 4.98 Å². The number of carbonyl (C=O) groups excluding carboxylic acids is 1. The molecule has 1 aromatic carbocycles. The van der Waals surface area contributed by atoms with Crippen LogP contribution in [0.1, 0.15) is 18.5 Å². The zero-order chi connectivity index (χ0) is 18.1. The van der Waals surface area contributed by atoms with Crippen LogP contribution in [0, 0.1) is 0 Å². The van der Waals surface area contributed by atoms with E-state index >= 15 is 0 Å². The third-order valence-electron chi connectivity index (χ3n) is 3.53. The molecule has 1 heterocycles. The Morgan fingerprint density at radius 3 is 2.72 bits per heavy atom. The van der Waals surface area contributed by atoms with Crippen LogP contribution in [-0.2, 0) is 0 Å². The molecule has 0 spiro atoms. The Labute approximate surface area is 147 Å². The SMILES string of the molecule is COc1ccc(OC)c(C(C)NC(=O)NCCNc2cnccn2)c1. The predicted molar refractivity (Wildman–Crippen MR) is 95.0 cm³/mol. The van der Waals surface area contributed by atoms with E-state index in [9.17, 15) is 4.79 Å². The number of hydrogen-bond acceptors (Lipinski definition) is 6. The molecule has 0 aliphatic carbocycles. The molecule has 0 aliphatic rings. The zero-order valence-electron chi connectivity index (χ0n) is 14.6. The molecule has 134 valence electrons. The van der Waals surface area contributed by atoms with Gasteiger partial charge in [0.25, 0.3) is 0 Å². The molecule has 8 nitrogen and oxygen atoms in total. The number of aromatic nitrogens is 2. The number of urea groups is 1. The van der Waals surface area contributed by atoms with E-state index in [1.54, 1.807) is 32.8 Å². The highest BCUT2D eigenvalue weighted by molar-refractivity contribution is 5.74. The van der Waals surface area contributed by atoms with Crippen molar-refractivity contribution in [2.75, 3.05) is 32.6 Å². The smallest absolute Gasteiger partial charge is 0.315 e. The summed E-state index contributed by atoms with van der Waals surface area (Å²) < 4.78 is 10.6. The molecule has 2 aromatic rings. The van der Waals surface area contributed by atoms with E-state index in [-0.39, 0.29) is 12.1 Å². The fourth-order valence-corrected chi connectivity index (χ4v) is 2.26. The van der Waals surface area contributed by atoms with E-state index in [2.05, 4.69) is 25.9 Å². The van der Waals surface area contributed by atoms with Gasteiger partial charge in [0.2, 0.25) is 0 Å². The first-order valence-electron chi connectivity index (χ1n) is 7.90. The standard InChI is InChI=1S/C17H23N5O3/c1-12(14-10-13(24-2)4-5-15(14)25-3)22-17(23)21-9-8-20-16-11-18-6-7-19-16/h4-7,10-12H,8-9H2,1-3H3,(H,19,20)(H2,21,22,23). The van der Waals surface area contributed by atoms with Gasteiger partial charge >= 0.3 is 6.03 Å². The molecule has 1 aromatic heterocycles. The number of rotatable bonds is 8. The van der Waals surface area contributed by atoms with Crippen molar-refractivity contribution in [3.63, 3.8) is 0 Å². The number of hydrogen-bond donors (Lipinski definition) is 3. The lowest BCUT2D eigenvalue weighted by Gasteiger charge is -2.18. The number of nitrogens with one attached hydrogen (secondary N) is 3. The molecule has 0 radical (unpaired) electrons. The fraction of sp³-hybridized carbons (Fsp3) is 0.353. The van der Waals surface area contributed by atoms with Crippen LogP contribution in [0.2, 0.25) is 0 Å². The van der Waals surface area contributed by atoms with Gasteiger partial charge in [0.1, 0.15) is 17.3 Å². The first-order valence-corrected chi connectivity index (χ1v) is 7.90. The maximum absolute atomic E-state index is 12.0. The second-order valence-electron chi connectivity index (χ2n) is 5.25. The van der Waals surface area contributed by atoms with Crippen LogP contribution in [0.3, 0.4) is 0 Å². The summed E-state index contributed by atoms with van der Waals surface area (Å²) in [5, 5.41) is 8.73. The van der Waals surface area contributed by atoms with E-state index in [4.69, 9.17) is 9.47 Å². The second kappa shape index (κ2) is 9.31. The normalized spacial score (nSPS) is 11.3. The number of ether oxygens (including phenoxy) is 2. The molecule has 3 N–H and O–H groups in total. The summed E-state index contributed by atoms with van der Waals surface area (Å²) >= 11 is 0. The van der Waals surface area contributed by atoms with Gasteiger partial charge < -0.3 is 25.4 Å². The van der Waals surface area contributed by atoms with Gasteiger partial charge in [-0.1, -0.05) is 0 Å². The zero-order valence-corrected chi connectivity index (χ0v) is 14.6. The van der Waals surface area contributed by atoms with Gasteiger partial charge in [-0.05, 0) is 25.1 Å². The minimum absolute atomic E-state index is 0.238. The molecule has 2 rings (SSSR count). The van der Waals surface area contributed by atoms with Crippen molar-refractivity contribution in [1.82, 2.24) is 20.6 Å². The topological polar surface area (TPSA) is 97.4 Å². The minimum atomic E-state index is -0.265. The third kappa shape index (κ3) is 5.52. The van der Waals surface area contributed by atoms with Crippen molar-refractivity contribution in [3.8, 4) is 11.5 Å². The van der Waals surface area contributed by atoms with Crippen LogP contribution >= 0.6 is 0 Å². The summed E-state index contributed by atoms with van der Waals surface area (Å²) in [7, 11) is 3.19. The largest absolute Gasteiger partial charge is 0.497 e. The van der Waals surface area contributed by atoms with Crippen molar-refractivity contribution >= 4 is 11.8 Å². The molecule has 25 heavy (non-hydrogen) atoms. The first kappa shape index (κ1) is 18.3. The van der Waals surface area contributed by atoms with Crippen LogP contribution in [-0.4, -0.2) is 43.3 Å². The van der Waals surface area contributed by atoms with Crippen LogP contribution in [0.5, 0.6) is 11.5 Å². The highest BCUT2D eigenvalue weighted by atomic mass is 16.5. The molecule has 1 unspecified atom stereocenters. The molecule has 0 saturated carbocycles. The van der Waals surface area contributed by atoms with Crippen LogP contribution < -0.4 is 25.4 Å². The lowest BCUT2D eigenvalue weighted by Crippen LogP contribution is -2.39. The Morgan fingerprint density at radius 2 is 2.04 bits per heavy atom. The van der Waals surface area contributed by atoms with Crippen molar-refractivity contribution < 1.29 is 14.3 Å². The van der Waals surface area contributed by atoms with E-state index in [1.807, 2.05) is 25.1 Å². The highest BCUT2D eigenvalue weighted by Gasteiger charge is 2.15. The quantitative estimate of drug-likeness (QED) is 0.633. The number of anilines is 1. The van der Waals surface area contributed by atoms with Crippen molar-refractivity contribution in [2.45, 2.75) is 13.0 Å². The van der Waals surface area contributed by atoms with Gasteiger partial charge in [-0.2, -0.15) is 0 Å². The predicted octanol–water partition coefficient (Wildman–Crippen LogP) is 1.97. The first-order chi connectivity index (χ1) is 12.1. The summed E-state index contributed by atoms with van der Waals surface area (Å²) in [6, 6.07) is 4.97. The van der Waals surface area contributed by atoms with Gasteiger partial charge in [0, 0.05) is 31.0 Å². The Bertz CT molecular complexity index is 681. The lowest BCUT2D eigenvalue weighted by molar-refractivity contribution is 0.238. The molecule has 1 atom stereocenters. The molecule has 0 aliphatic heterocycles. The Kier molecular flexibility index (Phi) is 6.82. The number of methoxy groups -OCH3 is 2. The van der Waals surface area contributed by atoms with E-state index in [1.165, 1.54) is 0 Å². The molecule has 0 saturated heterocycles. The third-order valence-corrected chi connectivity index (χ3v) is 3.53. The second-order valence-corrected chi connectivity index (χ2v) is 5.25. The maximum atomic E-state index is 12.0. The van der Waals surface area contributed by atoms with Crippen LogP contribution in [0.25, 0.3) is 0 Å². The Morgan fingerprint density at radius 1 is 1.20 bits per heavy atom. The molecule has 0 fully saturated rings.